The molecule has 8 nitrogen and oxygen atoms in total. The van der Waals surface area contributed by atoms with Crippen LogP contribution in [0.25, 0.3) is 0 Å². The number of ether oxygens (including phenoxy) is 2. The van der Waals surface area contributed by atoms with E-state index in [1.54, 1.807) is 34.0 Å². The molecule has 0 aromatic heterocycles. The van der Waals surface area contributed by atoms with Crippen LogP contribution in [0.2, 0.25) is 0 Å². The summed E-state index contributed by atoms with van der Waals surface area (Å²) in [7, 11) is 3.21. The molecule has 0 saturated carbocycles. The number of nitrogens with zero attached hydrogens (tertiary/aromatic N) is 4. The van der Waals surface area contributed by atoms with Gasteiger partial charge in [0.25, 0.3) is 0 Å². The molecule has 6 rings (SSSR count). The zero-order valence-electron chi connectivity index (χ0n) is 21.0. The van der Waals surface area contributed by atoms with Gasteiger partial charge in [-0.1, -0.05) is 60.7 Å². The third-order valence-electron chi connectivity index (χ3n) is 6.89. The van der Waals surface area contributed by atoms with Crippen LogP contribution in [-0.4, -0.2) is 36.3 Å². The van der Waals surface area contributed by atoms with Crippen molar-refractivity contribution in [2.24, 2.45) is 0 Å². The van der Waals surface area contributed by atoms with E-state index in [1.165, 1.54) is 0 Å². The van der Waals surface area contributed by atoms with Crippen LogP contribution in [0.1, 0.15) is 23.5 Å². The van der Waals surface area contributed by atoms with Crippen LogP contribution < -0.4 is 19.3 Å². The predicted octanol–water partition coefficient (Wildman–Crippen LogP) is 6.20. The van der Waals surface area contributed by atoms with E-state index in [-0.39, 0.29) is 12.1 Å². The van der Waals surface area contributed by atoms with Gasteiger partial charge in [0.15, 0.2) is 12.3 Å². The number of hydrogen-bond acceptors (Lipinski definition) is 4. The molecule has 2 aliphatic heterocycles. The van der Waals surface area contributed by atoms with Crippen LogP contribution in [-0.2, 0) is 0 Å². The van der Waals surface area contributed by atoms with Crippen molar-refractivity contribution in [3.8, 4) is 11.5 Å². The molecule has 8 heteroatoms. The predicted molar refractivity (Wildman–Crippen MR) is 144 cm³/mol. The number of urea groups is 2. The third kappa shape index (κ3) is 3.69. The SMILES string of the molecule is COc1ccc([C@@H]2N(c3ccccc3)C(=O)N3[C@H](c4ccc(OC)cc4)N(c4ccccc4)C(=O)N23)cc1. The van der Waals surface area contributed by atoms with E-state index in [0.29, 0.717) is 22.9 Å². The third-order valence-corrected chi connectivity index (χ3v) is 6.89. The molecule has 0 bridgehead atoms. The molecule has 38 heavy (non-hydrogen) atoms. The number of hydrogen-bond donors (Lipinski definition) is 0. The Bertz CT molecular complexity index is 1330. The molecular weight excluding hydrogens is 480 g/mol. The highest BCUT2D eigenvalue weighted by molar-refractivity contribution is 6.05. The number of hydrazine groups is 1. The van der Waals surface area contributed by atoms with Crippen molar-refractivity contribution >= 4 is 23.4 Å². The molecule has 0 N–H and O–H groups in total. The number of para-hydroxylation sites is 2. The number of rotatable bonds is 6. The molecule has 0 radical (unpaired) electrons. The van der Waals surface area contributed by atoms with Gasteiger partial charge in [-0.05, 0) is 59.7 Å². The smallest absolute Gasteiger partial charge is 0.347 e. The van der Waals surface area contributed by atoms with E-state index >= 15 is 0 Å². The molecule has 2 heterocycles. The molecule has 0 aliphatic carbocycles. The quantitative estimate of drug-likeness (QED) is 0.312. The topological polar surface area (TPSA) is 65.6 Å². The summed E-state index contributed by atoms with van der Waals surface area (Å²) in [4.78, 5) is 31.9. The van der Waals surface area contributed by atoms with Crippen molar-refractivity contribution in [3.63, 3.8) is 0 Å². The first kappa shape index (κ1) is 23.4. The maximum Gasteiger partial charge on any atom is 0.347 e. The minimum absolute atomic E-state index is 0.301. The Hall–Kier alpha value is -4.98. The van der Waals surface area contributed by atoms with Gasteiger partial charge in [-0.15, -0.1) is 0 Å². The standard InChI is InChI=1S/C30H26N4O4/c1-37-25-17-13-21(14-18-25)27-31(23-9-5-3-6-10-23)29(35)34-28(22-15-19-26(38-2)20-16-22)32(30(36)33(27)34)24-11-7-4-8-12-24/h3-20,27-28H,1-2H3/t27-,28-/m1/s1. The number of anilines is 2. The zero-order valence-corrected chi connectivity index (χ0v) is 21.0. The minimum Gasteiger partial charge on any atom is -0.497 e. The Balaban J connectivity index is 1.53. The number of methoxy groups -OCH3 is 2. The van der Waals surface area contributed by atoms with Crippen LogP contribution >= 0.6 is 0 Å². The van der Waals surface area contributed by atoms with Gasteiger partial charge in [0.2, 0.25) is 0 Å². The summed E-state index contributed by atoms with van der Waals surface area (Å²) in [5.41, 5.74) is 2.95. The Morgan fingerprint density at radius 1 is 0.500 bits per heavy atom. The lowest BCUT2D eigenvalue weighted by Gasteiger charge is -2.29. The molecule has 0 spiro atoms. The number of carbonyl (C=O) groups is 2. The van der Waals surface area contributed by atoms with Crippen LogP contribution in [0, 0.1) is 0 Å². The van der Waals surface area contributed by atoms with Crippen molar-refractivity contribution in [2.75, 3.05) is 24.0 Å². The van der Waals surface area contributed by atoms with Crippen molar-refractivity contribution < 1.29 is 19.1 Å². The highest BCUT2D eigenvalue weighted by atomic mass is 16.5. The van der Waals surface area contributed by atoms with E-state index in [4.69, 9.17) is 9.47 Å². The zero-order chi connectivity index (χ0) is 26.2. The molecular formula is C30H26N4O4. The summed E-state index contributed by atoms with van der Waals surface area (Å²) in [6, 6.07) is 33.1. The van der Waals surface area contributed by atoms with E-state index < -0.39 is 12.3 Å². The normalized spacial score (nSPS) is 18.7. The van der Waals surface area contributed by atoms with E-state index in [9.17, 15) is 9.59 Å². The molecule has 4 aromatic carbocycles. The highest BCUT2D eigenvalue weighted by Crippen LogP contribution is 2.49. The second-order valence-corrected chi connectivity index (χ2v) is 8.96. The van der Waals surface area contributed by atoms with Gasteiger partial charge >= 0.3 is 12.1 Å². The maximum absolute atomic E-state index is 14.3. The number of amides is 4. The van der Waals surface area contributed by atoms with Gasteiger partial charge in [0.05, 0.1) is 14.2 Å². The Morgan fingerprint density at radius 2 is 0.842 bits per heavy atom. The van der Waals surface area contributed by atoms with Gasteiger partial charge in [-0.3, -0.25) is 9.80 Å². The molecule has 2 saturated heterocycles. The Labute approximate surface area is 220 Å². The molecule has 2 fully saturated rings. The van der Waals surface area contributed by atoms with E-state index in [2.05, 4.69) is 0 Å². The van der Waals surface area contributed by atoms with Crippen LogP contribution in [0.5, 0.6) is 11.5 Å². The average molecular weight is 507 g/mol. The summed E-state index contributed by atoms with van der Waals surface area (Å²) < 4.78 is 10.7. The molecule has 4 aromatic rings. The molecule has 2 atom stereocenters. The van der Waals surface area contributed by atoms with Crippen molar-refractivity contribution in [2.45, 2.75) is 12.3 Å². The van der Waals surface area contributed by atoms with E-state index in [0.717, 1.165) is 11.1 Å². The van der Waals surface area contributed by atoms with Gasteiger partial charge < -0.3 is 9.47 Å². The first-order valence-electron chi connectivity index (χ1n) is 12.2. The molecule has 2 aliphatic rings. The lowest BCUT2D eigenvalue weighted by Crippen LogP contribution is -2.40. The highest BCUT2D eigenvalue weighted by Gasteiger charge is 2.59. The summed E-state index contributed by atoms with van der Waals surface area (Å²) >= 11 is 0. The van der Waals surface area contributed by atoms with Crippen LogP contribution in [0.4, 0.5) is 21.0 Å². The largest absolute Gasteiger partial charge is 0.497 e. The first-order chi connectivity index (χ1) is 18.6. The van der Waals surface area contributed by atoms with Gasteiger partial charge in [-0.2, -0.15) is 0 Å². The van der Waals surface area contributed by atoms with Gasteiger partial charge in [0.1, 0.15) is 11.5 Å². The first-order valence-corrected chi connectivity index (χ1v) is 12.2. The van der Waals surface area contributed by atoms with Crippen LogP contribution in [0.3, 0.4) is 0 Å². The lowest BCUT2D eigenvalue weighted by atomic mass is 10.1. The fraction of sp³-hybridized carbons (Fsp3) is 0.133. The van der Waals surface area contributed by atoms with E-state index in [1.807, 2.05) is 109 Å². The second kappa shape index (κ2) is 9.48. The average Bonchev–Trinajstić information content (AvgIpc) is 3.45. The van der Waals surface area contributed by atoms with Gasteiger partial charge in [0, 0.05) is 11.4 Å². The number of fused-ring (bicyclic) bond motifs is 1. The maximum atomic E-state index is 14.3. The van der Waals surface area contributed by atoms with Crippen molar-refractivity contribution in [3.05, 3.63) is 120 Å². The fourth-order valence-electron chi connectivity index (χ4n) is 5.09. The monoisotopic (exact) mass is 506 g/mol. The van der Waals surface area contributed by atoms with Crippen molar-refractivity contribution in [1.29, 1.82) is 0 Å². The Kier molecular flexibility index (Phi) is 5.84. The lowest BCUT2D eigenvalue weighted by molar-refractivity contribution is 0.0696. The second-order valence-electron chi connectivity index (χ2n) is 8.96. The minimum atomic E-state index is -0.697. The summed E-state index contributed by atoms with van der Waals surface area (Å²) in [5.74, 6) is 1.38. The Morgan fingerprint density at radius 3 is 1.16 bits per heavy atom. The summed E-state index contributed by atoms with van der Waals surface area (Å²) in [6.07, 6.45) is -1.39. The fourth-order valence-corrected chi connectivity index (χ4v) is 5.09. The molecule has 190 valence electrons. The van der Waals surface area contributed by atoms with Gasteiger partial charge in [-0.25, -0.2) is 19.6 Å². The summed E-state index contributed by atoms with van der Waals surface area (Å²) in [5, 5.41) is 3.11. The number of benzene rings is 4. The molecule has 4 amide bonds. The number of carbonyl (C=O) groups excluding carboxylic acids is 2. The summed E-state index contributed by atoms with van der Waals surface area (Å²) in [6.45, 7) is 0. The van der Waals surface area contributed by atoms with Crippen molar-refractivity contribution in [1.82, 2.24) is 10.0 Å². The van der Waals surface area contributed by atoms with Crippen LogP contribution in [0.15, 0.2) is 109 Å². The molecule has 0 unspecified atom stereocenters.